The van der Waals surface area contributed by atoms with E-state index in [1.807, 2.05) is 35.2 Å². The Morgan fingerprint density at radius 2 is 1.86 bits per heavy atom. The van der Waals surface area contributed by atoms with Crippen LogP contribution in [0.5, 0.6) is 0 Å². The van der Waals surface area contributed by atoms with Crippen molar-refractivity contribution in [2.45, 2.75) is 52.0 Å². The van der Waals surface area contributed by atoms with Crippen LogP contribution < -0.4 is 11.1 Å². The van der Waals surface area contributed by atoms with E-state index in [1.54, 1.807) is 0 Å². The molecular formula is C22H36N4O2. The second kappa shape index (κ2) is 11.7. The second-order valence-electron chi connectivity index (χ2n) is 8.00. The molecule has 0 aliphatic carbocycles. The molecule has 6 nitrogen and oxygen atoms in total. The Kier molecular flexibility index (Phi) is 9.28. The van der Waals surface area contributed by atoms with Crippen molar-refractivity contribution in [1.29, 1.82) is 0 Å². The lowest BCUT2D eigenvalue weighted by Gasteiger charge is -2.30. The number of nitrogens with one attached hydrogen (secondary N) is 1. The van der Waals surface area contributed by atoms with E-state index in [1.165, 1.54) is 12.8 Å². The van der Waals surface area contributed by atoms with Gasteiger partial charge in [-0.05, 0) is 24.8 Å². The molecule has 1 aromatic rings. The molecule has 6 heteroatoms. The van der Waals surface area contributed by atoms with E-state index < -0.39 is 0 Å². The number of carbonyl (C=O) groups is 1. The standard InChI is InChI=1S/C22H36N4O2/c1-17(2)8-7-9-18(3)25-22(23)24-16-20(19-10-5-4-6-11-19)21(27)26-12-14-28-15-13-26/h4-6,10-11,17-18,20H,7-9,12-16H2,1-3H3,(H3,23,24,25). The summed E-state index contributed by atoms with van der Waals surface area (Å²) < 4.78 is 5.37. The number of guanidine groups is 1. The molecule has 2 rings (SSSR count). The third kappa shape index (κ3) is 7.50. The molecule has 156 valence electrons. The molecule has 2 atom stereocenters. The van der Waals surface area contributed by atoms with Crippen LogP contribution in [0.4, 0.5) is 0 Å². The number of ether oxygens (including phenoxy) is 1. The van der Waals surface area contributed by atoms with E-state index in [4.69, 9.17) is 10.5 Å². The van der Waals surface area contributed by atoms with Gasteiger partial charge in [-0.25, -0.2) is 0 Å². The van der Waals surface area contributed by atoms with Crippen molar-refractivity contribution < 1.29 is 9.53 Å². The minimum absolute atomic E-state index is 0.0935. The molecule has 2 unspecified atom stereocenters. The molecule has 0 saturated carbocycles. The van der Waals surface area contributed by atoms with Gasteiger partial charge in [-0.3, -0.25) is 9.79 Å². The fraction of sp³-hybridized carbons (Fsp3) is 0.636. The average Bonchev–Trinajstić information content (AvgIpc) is 2.69. The summed E-state index contributed by atoms with van der Waals surface area (Å²) in [6.45, 7) is 9.39. The molecule has 1 aliphatic rings. The quantitative estimate of drug-likeness (QED) is 0.504. The van der Waals surface area contributed by atoms with Gasteiger partial charge in [-0.2, -0.15) is 0 Å². The molecule has 0 aromatic heterocycles. The number of nitrogens with two attached hydrogens (primary N) is 1. The molecular weight excluding hydrogens is 352 g/mol. The van der Waals surface area contributed by atoms with E-state index in [-0.39, 0.29) is 17.9 Å². The largest absolute Gasteiger partial charge is 0.378 e. The first kappa shape index (κ1) is 22.2. The Balaban J connectivity index is 1.97. The van der Waals surface area contributed by atoms with Crippen molar-refractivity contribution in [2.24, 2.45) is 16.6 Å². The predicted molar refractivity (Wildman–Crippen MR) is 114 cm³/mol. The topological polar surface area (TPSA) is 79.9 Å². The molecule has 1 amide bonds. The Morgan fingerprint density at radius 1 is 1.18 bits per heavy atom. The average molecular weight is 389 g/mol. The van der Waals surface area contributed by atoms with E-state index >= 15 is 0 Å². The van der Waals surface area contributed by atoms with Crippen molar-refractivity contribution in [3.63, 3.8) is 0 Å². The summed E-state index contributed by atoms with van der Waals surface area (Å²) >= 11 is 0. The minimum Gasteiger partial charge on any atom is -0.378 e. The van der Waals surface area contributed by atoms with Crippen LogP contribution in [0.1, 0.15) is 51.5 Å². The summed E-state index contributed by atoms with van der Waals surface area (Å²) in [5.74, 6) is 0.899. The Labute approximate surface area is 169 Å². The van der Waals surface area contributed by atoms with Crippen LogP contribution in [0.3, 0.4) is 0 Å². The number of amides is 1. The van der Waals surface area contributed by atoms with Crippen LogP contribution in [0.25, 0.3) is 0 Å². The summed E-state index contributed by atoms with van der Waals surface area (Å²) in [5, 5.41) is 3.26. The van der Waals surface area contributed by atoms with Crippen LogP contribution >= 0.6 is 0 Å². The zero-order valence-electron chi connectivity index (χ0n) is 17.6. The summed E-state index contributed by atoms with van der Waals surface area (Å²) in [5.41, 5.74) is 7.08. The van der Waals surface area contributed by atoms with Crippen molar-refractivity contribution in [3.8, 4) is 0 Å². The molecule has 1 fully saturated rings. The Morgan fingerprint density at radius 3 is 2.50 bits per heavy atom. The molecule has 0 spiro atoms. The first-order valence-corrected chi connectivity index (χ1v) is 10.4. The smallest absolute Gasteiger partial charge is 0.232 e. The van der Waals surface area contributed by atoms with E-state index in [9.17, 15) is 4.79 Å². The van der Waals surface area contributed by atoms with Crippen LogP contribution in [-0.4, -0.2) is 55.7 Å². The minimum atomic E-state index is -0.323. The normalized spacial score (nSPS) is 17.4. The first-order valence-electron chi connectivity index (χ1n) is 10.4. The van der Waals surface area contributed by atoms with Gasteiger partial charge in [0.25, 0.3) is 0 Å². The number of hydrogen-bond donors (Lipinski definition) is 2. The number of rotatable bonds is 9. The lowest BCUT2D eigenvalue weighted by Crippen LogP contribution is -2.44. The fourth-order valence-corrected chi connectivity index (χ4v) is 3.41. The van der Waals surface area contributed by atoms with E-state index in [0.29, 0.717) is 38.8 Å². The predicted octanol–water partition coefficient (Wildman–Crippen LogP) is 2.75. The molecule has 1 saturated heterocycles. The molecule has 1 aliphatic heterocycles. The second-order valence-corrected chi connectivity index (χ2v) is 8.00. The fourth-order valence-electron chi connectivity index (χ4n) is 3.41. The molecule has 0 bridgehead atoms. The van der Waals surface area contributed by atoms with Gasteiger partial charge in [-0.1, -0.05) is 57.0 Å². The molecule has 28 heavy (non-hydrogen) atoms. The lowest BCUT2D eigenvalue weighted by molar-refractivity contribution is -0.136. The SMILES string of the molecule is CC(C)CCCC(C)NC(N)=NCC(C(=O)N1CCOCC1)c1ccccc1. The maximum atomic E-state index is 13.1. The molecule has 1 heterocycles. The molecule has 0 radical (unpaired) electrons. The summed E-state index contributed by atoms with van der Waals surface area (Å²) in [4.78, 5) is 19.5. The molecule has 3 N–H and O–H groups in total. The summed E-state index contributed by atoms with van der Waals surface area (Å²) in [6.07, 6.45) is 3.44. The summed E-state index contributed by atoms with van der Waals surface area (Å²) in [7, 11) is 0. The van der Waals surface area contributed by atoms with Gasteiger partial charge in [-0.15, -0.1) is 0 Å². The lowest BCUT2D eigenvalue weighted by atomic mass is 9.97. The van der Waals surface area contributed by atoms with Crippen molar-refractivity contribution in [1.82, 2.24) is 10.2 Å². The zero-order valence-corrected chi connectivity index (χ0v) is 17.6. The third-order valence-electron chi connectivity index (χ3n) is 5.08. The van der Waals surface area contributed by atoms with Crippen molar-refractivity contribution in [2.75, 3.05) is 32.8 Å². The number of morpholine rings is 1. The van der Waals surface area contributed by atoms with Crippen molar-refractivity contribution >= 4 is 11.9 Å². The van der Waals surface area contributed by atoms with Crippen LogP contribution in [0, 0.1) is 5.92 Å². The highest BCUT2D eigenvalue weighted by Crippen LogP contribution is 2.20. The van der Waals surface area contributed by atoms with Gasteiger partial charge >= 0.3 is 0 Å². The first-order chi connectivity index (χ1) is 13.5. The number of hydrogen-bond acceptors (Lipinski definition) is 3. The number of benzene rings is 1. The van der Waals surface area contributed by atoms with Crippen LogP contribution in [-0.2, 0) is 9.53 Å². The maximum Gasteiger partial charge on any atom is 0.232 e. The van der Waals surface area contributed by atoms with E-state index in [0.717, 1.165) is 17.9 Å². The monoisotopic (exact) mass is 388 g/mol. The van der Waals surface area contributed by atoms with Gasteiger partial charge in [0.05, 0.1) is 25.7 Å². The van der Waals surface area contributed by atoms with Gasteiger partial charge in [0.2, 0.25) is 5.91 Å². The van der Waals surface area contributed by atoms with Gasteiger partial charge in [0, 0.05) is 19.1 Å². The highest BCUT2D eigenvalue weighted by Gasteiger charge is 2.27. The van der Waals surface area contributed by atoms with Crippen molar-refractivity contribution in [3.05, 3.63) is 35.9 Å². The highest BCUT2D eigenvalue weighted by atomic mass is 16.5. The number of carbonyl (C=O) groups excluding carboxylic acids is 1. The van der Waals surface area contributed by atoms with Crippen LogP contribution in [0.15, 0.2) is 35.3 Å². The number of aliphatic imine (C=N–C) groups is 1. The molecule has 1 aromatic carbocycles. The Bertz CT molecular complexity index is 612. The summed E-state index contributed by atoms with van der Waals surface area (Å²) in [6, 6.07) is 10.1. The van der Waals surface area contributed by atoms with Gasteiger partial charge in [0.15, 0.2) is 5.96 Å². The zero-order chi connectivity index (χ0) is 20.4. The maximum absolute atomic E-state index is 13.1. The number of nitrogens with zero attached hydrogens (tertiary/aromatic N) is 2. The highest BCUT2D eigenvalue weighted by molar-refractivity contribution is 5.85. The van der Waals surface area contributed by atoms with E-state index in [2.05, 4.69) is 31.1 Å². The third-order valence-corrected chi connectivity index (χ3v) is 5.08. The van der Waals surface area contributed by atoms with Gasteiger partial charge in [0.1, 0.15) is 0 Å². The van der Waals surface area contributed by atoms with Crippen LogP contribution in [0.2, 0.25) is 0 Å². The Hall–Kier alpha value is -2.08. The van der Waals surface area contributed by atoms with Gasteiger partial charge < -0.3 is 20.7 Å².